The molecule has 12 heavy (non-hydrogen) atoms. The molecule has 0 amide bonds. The number of rotatable bonds is 1. The van der Waals surface area contributed by atoms with Crippen LogP contribution in [0.3, 0.4) is 0 Å². The molecule has 0 unspecified atom stereocenters. The number of hydrogen-bond donors (Lipinski definition) is 1. The highest BCUT2D eigenvalue weighted by Gasteiger charge is 1.99. The standard InChI is InChI=1S/C11H13N/c1-8(2)9-3-4-11-10(7-9)5-6-12-11/h3-8,12H,1-2H3. The number of aromatic nitrogens is 1. The maximum Gasteiger partial charge on any atom is 0.0454 e. The summed E-state index contributed by atoms with van der Waals surface area (Å²) in [5, 5.41) is 1.31. The molecular weight excluding hydrogens is 146 g/mol. The van der Waals surface area contributed by atoms with Crippen LogP contribution in [0.15, 0.2) is 30.5 Å². The summed E-state index contributed by atoms with van der Waals surface area (Å²) >= 11 is 0. The minimum Gasteiger partial charge on any atom is -0.361 e. The monoisotopic (exact) mass is 159 g/mol. The van der Waals surface area contributed by atoms with Gasteiger partial charge in [-0.2, -0.15) is 0 Å². The van der Waals surface area contributed by atoms with Gasteiger partial charge in [0.2, 0.25) is 0 Å². The Labute approximate surface area is 72.4 Å². The second-order valence-corrected chi connectivity index (χ2v) is 3.48. The van der Waals surface area contributed by atoms with Crippen LogP contribution in [0.5, 0.6) is 0 Å². The zero-order valence-electron chi connectivity index (χ0n) is 7.46. The molecule has 1 aromatic carbocycles. The Morgan fingerprint density at radius 1 is 1.17 bits per heavy atom. The van der Waals surface area contributed by atoms with Crippen molar-refractivity contribution in [2.24, 2.45) is 0 Å². The van der Waals surface area contributed by atoms with Crippen molar-refractivity contribution in [3.05, 3.63) is 36.0 Å². The first kappa shape index (κ1) is 7.41. The summed E-state index contributed by atoms with van der Waals surface area (Å²) in [7, 11) is 0. The fraction of sp³-hybridized carbons (Fsp3) is 0.273. The first-order chi connectivity index (χ1) is 5.77. The molecule has 0 aliphatic carbocycles. The molecule has 1 N–H and O–H groups in total. The molecule has 0 radical (unpaired) electrons. The van der Waals surface area contributed by atoms with Gasteiger partial charge in [0.1, 0.15) is 0 Å². The van der Waals surface area contributed by atoms with E-state index in [2.05, 4.69) is 43.1 Å². The van der Waals surface area contributed by atoms with Crippen molar-refractivity contribution in [3.63, 3.8) is 0 Å². The lowest BCUT2D eigenvalue weighted by molar-refractivity contribution is 0.869. The van der Waals surface area contributed by atoms with Crippen molar-refractivity contribution in [1.29, 1.82) is 0 Å². The van der Waals surface area contributed by atoms with Crippen molar-refractivity contribution < 1.29 is 0 Å². The Kier molecular flexibility index (Phi) is 1.65. The van der Waals surface area contributed by atoms with E-state index in [1.807, 2.05) is 6.20 Å². The number of aromatic amines is 1. The van der Waals surface area contributed by atoms with E-state index in [4.69, 9.17) is 0 Å². The van der Waals surface area contributed by atoms with Crippen LogP contribution >= 0.6 is 0 Å². The predicted octanol–water partition coefficient (Wildman–Crippen LogP) is 3.29. The molecule has 1 heteroatoms. The van der Waals surface area contributed by atoms with Crippen LogP contribution in [0, 0.1) is 0 Å². The summed E-state index contributed by atoms with van der Waals surface area (Å²) in [5.74, 6) is 0.615. The van der Waals surface area contributed by atoms with Crippen LogP contribution in [-0.2, 0) is 0 Å². The predicted molar refractivity (Wildman–Crippen MR) is 52.4 cm³/mol. The quantitative estimate of drug-likeness (QED) is 0.657. The van der Waals surface area contributed by atoms with E-state index in [1.165, 1.54) is 16.5 Å². The van der Waals surface area contributed by atoms with Crippen LogP contribution in [0.4, 0.5) is 0 Å². The van der Waals surface area contributed by atoms with Crippen molar-refractivity contribution >= 4 is 10.9 Å². The van der Waals surface area contributed by atoms with Crippen molar-refractivity contribution in [2.75, 3.05) is 0 Å². The molecule has 2 rings (SSSR count). The average molecular weight is 159 g/mol. The van der Waals surface area contributed by atoms with E-state index in [0.717, 1.165) is 0 Å². The molecular formula is C11H13N. The van der Waals surface area contributed by atoms with Gasteiger partial charge in [0.15, 0.2) is 0 Å². The summed E-state index contributed by atoms with van der Waals surface area (Å²) in [6.45, 7) is 4.43. The zero-order chi connectivity index (χ0) is 8.55. The second-order valence-electron chi connectivity index (χ2n) is 3.48. The maximum absolute atomic E-state index is 3.19. The fourth-order valence-corrected chi connectivity index (χ4v) is 1.43. The van der Waals surface area contributed by atoms with Crippen molar-refractivity contribution in [1.82, 2.24) is 4.98 Å². The van der Waals surface area contributed by atoms with E-state index < -0.39 is 0 Å². The topological polar surface area (TPSA) is 15.8 Å². The summed E-state index contributed by atoms with van der Waals surface area (Å²) in [4.78, 5) is 3.19. The molecule has 1 nitrogen and oxygen atoms in total. The van der Waals surface area contributed by atoms with E-state index in [0.29, 0.717) is 5.92 Å². The van der Waals surface area contributed by atoms with E-state index in [9.17, 15) is 0 Å². The molecule has 0 fully saturated rings. The van der Waals surface area contributed by atoms with Gasteiger partial charge in [0, 0.05) is 11.7 Å². The van der Waals surface area contributed by atoms with Gasteiger partial charge < -0.3 is 4.98 Å². The number of fused-ring (bicyclic) bond motifs is 1. The van der Waals surface area contributed by atoms with Crippen molar-refractivity contribution in [2.45, 2.75) is 19.8 Å². The van der Waals surface area contributed by atoms with Crippen molar-refractivity contribution in [3.8, 4) is 0 Å². The van der Waals surface area contributed by atoms with E-state index in [1.54, 1.807) is 0 Å². The van der Waals surface area contributed by atoms with Crippen LogP contribution < -0.4 is 0 Å². The lowest BCUT2D eigenvalue weighted by Crippen LogP contribution is -1.85. The number of nitrogens with one attached hydrogen (secondary N) is 1. The normalized spacial score (nSPS) is 11.2. The molecule has 0 atom stereocenters. The molecule has 1 aromatic heterocycles. The summed E-state index contributed by atoms with van der Waals surface area (Å²) in [5.41, 5.74) is 2.63. The molecule has 0 saturated carbocycles. The Bertz CT molecular complexity index is 385. The molecule has 0 aliphatic rings. The summed E-state index contributed by atoms with van der Waals surface area (Å²) < 4.78 is 0. The Morgan fingerprint density at radius 3 is 2.75 bits per heavy atom. The number of benzene rings is 1. The largest absolute Gasteiger partial charge is 0.361 e. The Morgan fingerprint density at radius 2 is 2.00 bits per heavy atom. The minimum absolute atomic E-state index is 0.615. The van der Waals surface area contributed by atoms with Crippen LogP contribution in [0.25, 0.3) is 10.9 Å². The van der Waals surface area contributed by atoms with Crippen LogP contribution in [0.2, 0.25) is 0 Å². The highest BCUT2D eigenvalue weighted by Crippen LogP contribution is 2.19. The maximum atomic E-state index is 3.19. The molecule has 0 aliphatic heterocycles. The molecule has 0 spiro atoms. The highest BCUT2D eigenvalue weighted by atomic mass is 14.7. The van der Waals surface area contributed by atoms with Crippen LogP contribution in [0.1, 0.15) is 25.3 Å². The zero-order valence-corrected chi connectivity index (χ0v) is 7.46. The Hall–Kier alpha value is -1.24. The highest BCUT2D eigenvalue weighted by molar-refractivity contribution is 5.80. The lowest BCUT2D eigenvalue weighted by atomic mass is 10.0. The molecule has 62 valence electrons. The second kappa shape index (κ2) is 2.67. The van der Waals surface area contributed by atoms with Crippen LogP contribution in [-0.4, -0.2) is 4.98 Å². The molecule has 0 bridgehead atoms. The summed E-state index contributed by atoms with van der Waals surface area (Å²) in [6, 6.07) is 8.69. The Balaban J connectivity index is 2.60. The number of hydrogen-bond acceptors (Lipinski definition) is 0. The van der Waals surface area contributed by atoms with Gasteiger partial charge in [-0.05, 0) is 35.1 Å². The van der Waals surface area contributed by atoms with E-state index >= 15 is 0 Å². The van der Waals surface area contributed by atoms with Gasteiger partial charge in [-0.25, -0.2) is 0 Å². The smallest absolute Gasteiger partial charge is 0.0454 e. The van der Waals surface area contributed by atoms with Gasteiger partial charge in [0.05, 0.1) is 0 Å². The van der Waals surface area contributed by atoms with Gasteiger partial charge in [0.25, 0.3) is 0 Å². The number of H-pyrrole nitrogens is 1. The third kappa shape index (κ3) is 1.11. The molecule has 2 aromatic rings. The minimum atomic E-state index is 0.615. The first-order valence-electron chi connectivity index (χ1n) is 4.34. The lowest BCUT2D eigenvalue weighted by Gasteiger charge is -2.03. The average Bonchev–Trinajstić information content (AvgIpc) is 2.49. The third-order valence-corrected chi connectivity index (χ3v) is 2.24. The third-order valence-electron chi connectivity index (χ3n) is 2.24. The fourth-order valence-electron chi connectivity index (χ4n) is 1.43. The van der Waals surface area contributed by atoms with Gasteiger partial charge >= 0.3 is 0 Å². The van der Waals surface area contributed by atoms with Gasteiger partial charge in [-0.3, -0.25) is 0 Å². The van der Waals surface area contributed by atoms with E-state index in [-0.39, 0.29) is 0 Å². The van der Waals surface area contributed by atoms with Gasteiger partial charge in [-0.15, -0.1) is 0 Å². The molecule has 1 heterocycles. The van der Waals surface area contributed by atoms with Gasteiger partial charge in [-0.1, -0.05) is 19.9 Å². The summed E-state index contributed by atoms with van der Waals surface area (Å²) in [6.07, 6.45) is 1.98. The molecule has 0 saturated heterocycles. The first-order valence-corrected chi connectivity index (χ1v) is 4.34. The SMILES string of the molecule is CC(C)c1ccc2[nH]ccc2c1.